The molecule has 10 nitrogen and oxygen atoms in total. The molecule has 0 saturated carbocycles. The maximum absolute atomic E-state index is 13.6. The van der Waals surface area contributed by atoms with Crippen LogP contribution in [0.4, 0.5) is 15.8 Å². The van der Waals surface area contributed by atoms with Crippen molar-refractivity contribution in [3.63, 3.8) is 0 Å². The number of sulfonamides is 1. The Morgan fingerprint density at radius 2 is 1.82 bits per heavy atom. The number of rotatable bonds is 7. The minimum absolute atomic E-state index is 0.0144. The van der Waals surface area contributed by atoms with Crippen molar-refractivity contribution in [1.82, 2.24) is 9.62 Å². The molecule has 180 valence electrons. The zero-order valence-electron chi connectivity index (χ0n) is 18.1. The molecular formula is C22H23FN4O6S. The lowest BCUT2D eigenvalue weighted by Gasteiger charge is -2.17. The molecule has 0 radical (unpaired) electrons. The molecule has 2 aromatic carbocycles. The average Bonchev–Trinajstić information content (AvgIpc) is 3.49. The predicted octanol–water partition coefficient (Wildman–Crippen LogP) is 2.19. The predicted molar refractivity (Wildman–Crippen MR) is 120 cm³/mol. The lowest BCUT2D eigenvalue weighted by atomic mass is 10.1. The number of nitrogens with zero attached hydrogens (tertiary/aromatic N) is 3. The second-order valence-corrected chi connectivity index (χ2v) is 10.2. The van der Waals surface area contributed by atoms with Crippen LogP contribution >= 0.6 is 0 Å². The summed E-state index contributed by atoms with van der Waals surface area (Å²) in [6.07, 6.45) is 1.62. The Bertz CT molecular complexity index is 1230. The Morgan fingerprint density at radius 3 is 2.47 bits per heavy atom. The molecule has 0 aromatic heterocycles. The largest absolute Gasteiger partial charge is 0.352 e. The number of carbonyl (C=O) groups is 2. The monoisotopic (exact) mass is 490 g/mol. The molecule has 0 bridgehead atoms. The van der Waals surface area contributed by atoms with Gasteiger partial charge in [0.2, 0.25) is 27.7 Å². The molecule has 34 heavy (non-hydrogen) atoms. The molecule has 0 aliphatic carbocycles. The quantitative estimate of drug-likeness (QED) is 0.468. The van der Waals surface area contributed by atoms with E-state index in [0.717, 1.165) is 25.0 Å². The Hall–Kier alpha value is -3.38. The zero-order valence-corrected chi connectivity index (χ0v) is 19.0. The van der Waals surface area contributed by atoms with Crippen LogP contribution in [0.15, 0.2) is 47.4 Å². The molecule has 2 heterocycles. The van der Waals surface area contributed by atoms with Crippen molar-refractivity contribution >= 4 is 33.2 Å². The van der Waals surface area contributed by atoms with Crippen LogP contribution in [-0.2, 0) is 26.2 Å². The fraction of sp³-hybridized carbons (Fsp3) is 0.364. The summed E-state index contributed by atoms with van der Waals surface area (Å²) >= 11 is 0. The molecule has 2 aliphatic rings. The van der Waals surface area contributed by atoms with Crippen LogP contribution < -0.4 is 10.2 Å². The molecular weight excluding hydrogens is 467 g/mol. The third-order valence-electron chi connectivity index (χ3n) is 6.03. The summed E-state index contributed by atoms with van der Waals surface area (Å²) in [5, 5.41) is 13.7. The minimum atomic E-state index is -3.51. The molecule has 0 spiro atoms. The Kier molecular flexibility index (Phi) is 6.62. The third kappa shape index (κ3) is 4.77. The molecule has 2 aromatic rings. The van der Waals surface area contributed by atoms with E-state index in [1.54, 1.807) is 12.1 Å². The zero-order chi connectivity index (χ0) is 24.5. The Balaban J connectivity index is 1.36. The molecule has 2 amide bonds. The second kappa shape index (κ2) is 9.47. The maximum atomic E-state index is 13.6. The normalized spacial score (nSPS) is 18.9. The van der Waals surface area contributed by atoms with Gasteiger partial charge in [0.25, 0.3) is 0 Å². The van der Waals surface area contributed by atoms with Crippen molar-refractivity contribution < 1.29 is 27.3 Å². The van der Waals surface area contributed by atoms with E-state index >= 15 is 0 Å². The fourth-order valence-corrected chi connectivity index (χ4v) is 5.65. The van der Waals surface area contributed by atoms with E-state index < -0.39 is 38.3 Å². The molecule has 12 heteroatoms. The Morgan fingerprint density at radius 1 is 1.15 bits per heavy atom. The molecule has 1 N–H and O–H groups in total. The van der Waals surface area contributed by atoms with Crippen LogP contribution in [0.1, 0.15) is 24.8 Å². The first kappa shape index (κ1) is 23.8. The highest BCUT2D eigenvalue weighted by Crippen LogP contribution is 2.29. The van der Waals surface area contributed by atoms with Crippen LogP contribution in [0.5, 0.6) is 0 Å². The number of benzene rings is 2. The van der Waals surface area contributed by atoms with Crippen LogP contribution in [0, 0.1) is 21.8 Å². The summed E-state index contributed by atoms with van der Waals surface area (Å²) in [4.78, 5) is 36.5. The summed E-state index contributed by atoms with van der Waals surface area (Å²) in [5.41, 5.74) is 0.112. The number of hydrogen-bond acceptors (Lipinski definition) is 6. The number of hydrogen-bond donors (Lipinski definition) is 1. The first-order chi connectivity index (χ1) is 16.2. The number of nitrogens with one attached hydrogen (secondary N) is 1. The second-order valence-electron chi connectivity index (χ2n) is 8.27. The van der Waals surface area contributed by atoms with E-state index in [1.165, 1.54) is 27.4 Å². The van der Waals surface area contributed by atoms with Crippen molar-refractivity contribution in [3.8, 4) is 0 Å². The van der Waals surface area contributed by atoms with Gasteiger partial charge in [0.15, 0.2) is 0 Å². The lowest BCUT2D eigenvalue weighted by Crippen LogP contribution is -2.32. The lowest BCUT2D eigenvalue weighted by molar-refractivity contribution is -0.387. The first-order valence-corrected chi connectivity index (χ1v) is 12.2. The van der Waals surface area contributed by atoms with Gasteiger partial charge in [-0.15, -0.1) is 0 Å². The van der Waals surface area contributed by atoms with E-state index in [9.17, 15) is 32.5 Å². The van der Waals surface area contributed by atoms with Crippen molar-refractivity contribution in [1.29, 1.82) is 0 Å². The van der Waals surface area contributed by atoms with Gasteiger partial charge in [0.05, 0.1) is 21.4 Å². The van der Waals surface area contributed by atoms with Crippen LogP contribution in [0.25, 0.3) is 0 Å². The molecule has 2 aliphatic heterocycles. The summed E-state index contributed by atoms with van der Waals surface area (Å²) in [5.74, 6) is -2.45. The standard InChI is InChI=1S/C22H23FN4O6S/c23-19-8-5-17(12-20(19)27(30)31)26-14-16(11-21(26)28)22(29)24-13-15-3-6-18(7-4-15)34(32,33)25-9-1-2-10-25/h3-8,12,16H,1-2,9-11,13-14H2,(H,24,29). The summed E-state index contributed by atoms with van der Waals surface area (Å²) in [7, 11) is -3.51. The van der Waals surface area contributed by atoms with Gasteiger partial charge in [-0.1, -0.05) is 12.1 Å². The van der Waals surface area contributed by atoms with Gasteiger partial charge in [-0.05, 0) is 42.7 Å². The average molecular weight is 491 g/mol. The van der Waals surface area contributed by atoms with E-state index in [-0.39, 0.29) is 36.0 Å². The SMILES string of the molecule is O=C(NCc1ccc(S(=O)(=O)N2CCCC2)cc1)C1CC(=O)N(c2ccc(F)c([N+](=O)[O-])c2)C1. The van der Waals surface area contributed by atoms with Gasteiger partial charge in [0, 0.05) is 38.7 Å². The van der Waals surface area contributed by atoms with E-state index in [1.807, 2.05) is 0 Å². The number of nitro groups is 1. The molecule has 1 unspecified atom stereocenters. The van der Waals surface area contributed by atoms with Crippen LogP contribution in [-0.4, -0.2) is 49.1 Å². The fourth-order valence-electron chi connectivity index (χ4n) is 4.13. The highest BCUT2D eigenvalue weighted by atomic mass is 32.2. The van der Waals surface area contributed by atoms with E-state index in [4.69, 9.17) is 0 Å². The number of halogens is 1. The van der Waals surface area contributed by atoms with Gasteiger partial charge in [0.1, 0.15) is 0 Å². The maximum Gasteiger partial charge on any atom is 0.306 e. The molecule has 1 atom stereocenters. The highest BCUT2D eigenvalue weighted by Gasteiger charge is 2.36. The summed E-state index contributed by atoms with van der Waals surface area (Å²) in [6, 6.07) is 9.44. The topological polar surface area (TPSA) is 130 Å². The third-order valence-corrected chi connectivity index (χ3v) is 7.94. The van der Waals surface area contributed by atoms with Gasteiger partial charge in [-0.25, -0.2) is 8.42 Å². The van der Waals surface area contributed by atoms with E-state index in [0.29, 0.717) is 18.7 Å². The van der Waals surface area contributed by atoms with Crippen LogP contribution in [0.3, 0.4) is 0 Å². The number of nitro benzene ring substituents is 1. The van der Waals surface area contributed by atoms with E-state index in [2.05, 4.69) is 5.32 Å². The van der Waals surface area contributed by atoms with Crippen molar-refractivity contribution in [2.75, 3.05) is 24.5 Å². The van der Waals surface area contributed by atoms with Gasteiger partial charge >= 0.3 is 5.69 Å². The number of amides is 2. The molecule has 2 fully saturated rings. The molecule has 4 rings (SSSR count). The van der Waals surface area contributed by atoms with Crippen molar-refractivity contribution in [2.24, 2.45) is 5.92 Å². The number of carbonyl (C=O) groups excluding carboxylic acids is 2. The van der Waals surface area contributed by atoms with Crippen molar-refractivity contribution in [3.05, 3.63) is 64.0 Å². The minimum Gasteiger partial charge on any atom is -0.352 e. The molecule has 2 saturated heterocycles. The smallest absolute Gasteiger partial charge is 0.306 e. The van der Waals surface area contributed by atoms with Crippen LogP contribution in [0.2, 0.25) is 0 Å². The van der Waals surface area contributed by atoms with Gasteiger partial charge in [-0.3, -0.25) is 19.7 Å². The highest BCUT2D eigenvalue weighted by molar-refractivity contribution is 7.89. The first-order valence-electron chi connectivity index (χ1n) is 10.8. The van der Waals surface area contributed by atoms with Gasteiger partial charge < -0.3 is 10.2 Å². The van der Waals surface area contributed by atoms with Gasteiger partial charge in [-0.2, -0.15) is 8.70 Å². The Labute approximate surface area is 195 Å². The summed E-state index contributed by atoms with van der Waals surface area (Å²) < 4.78 is 40.3. The number of anilines is 1. The van der Waals surface area contributed by atoms with Crippen molar-refractivity contribution in [2.45, 2.75) is 30.7 Å². The summed E-state index contributed by atoms with van der Waals surface area (Å²) in [6.45, 7) is 1.20.